The Hall–Kier alpha value is -2.18. The number of methoxy groups -OCH3 is 1. The normalized spacial score (nSPS) is 16.4. The van der Waals surface area contributed by atoms with Crippen molar-refractivity contribution in [1.82, 2.24) is 4.31 Å². The third-order valence-corrected chi connectivity index (χ3v) is 8.67. The lowest BCUT2D eigenvalue weighted by atomic mass is 9.87. The van der Waals surface area contributed by atoms with Crippen LogP contribution in [0.1, 0.15) is 49.3 Å². The molecule has 1 aliphatic rings. The van der Waals surface area contributed by atoms with Crippen LogP contribution in [0.15, 0.2) is 42.5 Å². The topological polar surface area (TPSA) is 63.7 Å². The molecule has 30 heavy (non-hydrogen) atoms. The zero-order valence-electron chi connectivity index (χ0n) is 18.4. The highest BCUT2D eigenvalue weighted by Gasteiger charge is 2.47. The van der Waals surface area contributed by atoms with E-state index in [-0.39, 0.29) is 0 Å². The number of carbonyl (C=O) groups excluding carboxylic acids is 1. The first-order valence-electron chi connectivity index (χ1n) is 10.3. The van der Waals surface area contributed by atoms with Crippen molar-refractivity contribution in [2.45, 2.75) is 51.2 Å². The van der Waals surface area contributed by atoms with E-state index in [1.807, 2.05) is 0 Å². The van der Waals surface area contributed by atoms with E-state index in [2.05, 4.69) is 56.3 Å². The summed E-state index contributed by atoms with van der Waals surface area (Å²) in [5, 5.41) is 0. The average molecular weight is 430 g/mol. The number of esters is 1. The van der Waals surface area contributed by atoms with Crippen LogP contribution in [0.25, 0.3) is 11.1 Å². The largest absolute Gasteiger partial charge is 0.468 e. The van der Waals surface area contributed by atoms with Crippen molar-refractivity contribution < 1.29 is 17.9 Å². The maximum absolute atomic E-state index is 13.0. The van der Waals surface area contributed by atoms with Crippen molar-refractivity contribution in [3.05, 3.63) is 59.2 Å². The second-order valence-corrected chi connectivity index (χ2v) is 11.1. The van der Waals surface area contributed by atoms with Crippen molar-refractivity contribution in [3.63, 3.8) is 0 Å². The fourth-order valence-corrected chi connectivity index (χ4v) is 5.81. The van der Waals surface area contributed by atoms with E-state index in [0.29, 0.717) is 19.0 Å². The van der Waals surface area contributed by atoms with Gasteiger partial charge in [-0.2, -0.15) is 0 Å². The van der Waals surface area contributed by atoms with E-state index in [0.717, 1.165) is 12.8 Å². The number of aryl methyl sites for hydroxylation is 2. The lowest BCUT2D eigenvalue weighted by Gasteiger charge is -2.35. The summed E-state index contributed by atoms with van der Waals surface area (Å²) in [6.45, 7) is 7.86. The molecule has 5 nitrogen and oxygen atoms in total. The van der Waals surface area contributed by atoms with E-state index >= 15 is 0 Å². The molecule has 0 bridgehead atoms. The first kappa shape index (κ1) is 22.5. The van der Waals surface area contributed by atoms with E-state index in [4.69, 9.17) is 4.74 Å². The minimum Gasteiger partial charge on any atom is -0.468 e. The van der Waals surface area contributed by atoms with E-state index in [9.17, 15) is 13.2 Å². The fourth-order valence-electron chi connectivity index (χ4n) is 4.18. The van der Waals surface area contributed by atoms with Crippen LogP contribution in [0.2, 0.25) is 0 Å². The summed E-state index contributed by atoms with van der Waals surface area (Å²) in [6.07, 6.45) is 1.47. The highest BCUT2D eigenvalue weighted by Crippen LogP contribution is 2.34. The number of ether oxygens (including phenoxy) is 1. The summed E-state index contributed by atoms with van der Waals surface area (Å²) in [5.74, 6) is -0.421. The second-order valence-electron chi connectivity index (χ2n) is 8.62. The quantitative estimate of drug-likeness (QED) is 0.660. The molecular weight excluding hydrogens is 398 g/mol. The molecule has 1 saturated heterocycles. The molecule has 3 rings (SSSR count). The highest BCUT2D eigenvalue weighted by atomic mass is 32.2. The van der Waals surface area contributed by atoms with E-state index < -0.39 is 20.7 Å². The summed E-state index contributed by atoms with van der Waals surface area (Å²) in [6, 6.07) is 15.0. The smallest absolute Gasteiger partial charge is 0.328 e. The zero-order valence-corrected chi connectivity index (χ0v) is 19.3. The molecule has 162 valence electrons. The predicted molar refractivity (Wildman–Crippen MR) is 120 cm³/mol. The Balaban J connectivity index is 1.74. The molecule has 0 amide bonds. The third kappa shape index (κ3) is 4.16. The van der Waals surface area contributed by atoms with Gasteiger partial charge in [-0.15, -0.1) is 0 Å². The standard InChI is InChI=1S/C24H31NO4S/c1-17-7-6-8-21(15-17)22-10-9-20(16-18(22)2)19-11-13-25(14-12-19)30(27,28)24(3,4)23(26)29-5/h6-10,15-16,19H,11-14H2,1-5H3. The number of hydrogen-bond donors (Lipinski definition) is 0. The average Bonchev–Trinajstić information content (AvgIpc) is 2.73. The molecule has 2 aromatic rings. The number of nitrogens with zero attached hydrogens (tertiary/aromatic N) is 1. The van der Waals surface area contributed by atoms with Gasteiger partial charge < -0.3 is 4.74 Å². The number of benzene rings is 2. The van der Waals surface area contributed by atoms with Crippen molar-refractivity contribution in [2.75, 3.05) is 20.2 Å². The van der Waals surface area contributed by atoms with Crippen LogP contribution in [-0.2, 0) is 19.6 Å². The molecule has 1 aliphatic heterocycles. The maximum atomic E-state index is 13.0. The van der Waals surface area contributed by atoms with Crippen LogP contribution >= 0.6 is 0 Å². The van der Waals surface area contributed by atoms with Crippen molar-refractivity contribution in [3.8, 4) is 11.1 Å². The lowest BCUT2D eigenvalue weighted by molar-refractivity contribution is -0.142. The number of rotatable bonds is 5. The van der Waals surface area contributed by atoms with Gasteiger partial charge in [0.25, 0.3) is 0 Å². The van der Waals surface area contributed by atoms with Crippen LogP contribution in [0.5, 0.6) is 0 Å². The first-order valence-corrected chi connectivity index (χ1v) is 11.8. The van der Waals surface area contributed by atoms with Gasteiger partial charge in [-0.05, 0) is 68.7 Å². The SMILES string of the molecule is COC(=O)C(C)(C)S(=O)(=O)N1CCC(c2ccc(-c3cccc(C)c3)c(C)c2)CC1. The molecule has 0 radical (unpaired) electrons. The molecule has 1 heterocycles. The van der Waals surface area contributed by atoms with Gasteiger partial charge in [-0.3, -0.25) is 4.79 Å². The van der Waals surface area contributed by atoms with E-state index in [1.54, 1.807) is 0 Å². The van der Waals surface area contributed by atoms with Crippen LogP contribution in [0.3, 0.4) is 0 Å². The van der Waals surface area contributed by atoms with Crippen LogP contribution in [0.4, 0.5) is 0 Å². The molecule has 2 aromatic carbocycles. The number of hydrogen-bond acceptors (Lipinski definition) is 4. The molecule has 0 aromatic heterocycles. The van der Waals surface area contributed by atoms with Gasteiger partial charge in [0.2, 0.25) is 10.0 Å². The highest BCUT2D eigenvalue weighted by molar-refractivity contribution is 7.91. The zero-order chi connectivity index (χ0) is 22.1. The summed E-state index contributed by atoms with van der Waals surface area (Å²) in [4.78, 5) is 12.0. The Morgan fingerprint density at radius 2 is 1.73 bits per heavy atom. The molecule has 6 heteroatoms. The van der Waals surface area contributed by atoms with Gasteiger partial charge in [0.15, 0.2) is 4.75 Å². The van der Waals surface area contributed by atoms with Gasteiger partial charge in [0.05, 0.1) is 7.11 Å². The van der Waals surface area contributed by atoms with Gasteiger partial charge >= 0.3 is 5.97 Å². The number of sulfonamides is 1. The van der Waals surface area contributed by atoms with Crippen LogP contribution < -0.4 is 0 Å². The number of carbonyl (C=O) groups is 1. The van der Waals surface area contributed by atoms with Gasteiger partial charge in [0.1, 0.15) is 0 Å². The molecular formula is C24H31NO4S. The first-order chi connectivity index (χ1) is 14.1. The maximum Gasteiger partial charge on any atom is 0.328 e. The second kappa shape index (κ2) is 8.52. The molecule has 0 atom stereocenters. The van der Waals surface area contributed by atoms with Gasteiger partial charge in [-0.25, -0.2) is 12.7 Å². The van der Waals surface area contributed by atoms with Crippen LogP contribution in [0, 0.1) is 13.8 Å². The lowest BCUT2D eigenvalue weighted by Crippen LogP contribution is -2.52. The van der Waals surface area contributed by atoms with Gasteiger partial charge in [-0.1, -0.05) is 48.0 Å². The van der Waals surface area contributed by atoms with Crippen molar-refractivity contribution in [2.24, 2.45) is 0 Å². The minimum atomic E-state index is -3.77. The molecule has 0 unspecified atom stereocenters. The Morgan fingerprint density at radius 3 is 2.30 bits per heavy atom. The summed E-state index contributed by atoms with van der Waals surface area (Å²) < 4.78 is 30.5. The third-order valence-electron chi connectivity index (χ3n) is 6.17. The molecule has 0 aliphatic carbocycles. The summed E-state index contributed by atoms with van der Waals surface area (Å²) in [5.41, 5.74) is 6.14. The predicted octanol–water partition coefficient (Wildman–Crippen LogP) is 4.43. The molecule has 0 N–H and O–H groups in total. The van der Waals surface area contributed by atoms with E-state index in [1.165, 1.54) is 53.1 Å². The Bertz CT molecular complexity index is 1030. The number of piperidine rings is 1. The summed E-state index contributed by atoms with van der Waals surface area (Å²) in [7, 11) is -2.56. The molecule has 1 fully saturated rings. The Morgan fingerprint density at radius 1 is 1.07 bits per heavy atom. The molecule has 0 spiro atoms. The minimum absolute atomic E-state index is 0.308. The van der Waals surface area contributed by atoms with Crippen molar-refractivity contribution in [1.29, 1.82) is 0 Å². The molecule has 0 saturated carbocycles. The Labute approximate surface area is 180 Å². The monoisotopic (exact) mass is 429 g/mol. The van der Waals surface area contributed by atoms with Crippen molar-refractivity contribution >= 4 is 16.0 Å². The van der Waals surface area contributed by atoms with Gasteiger partial charge in [0, 0.05) is 13.1 Å². The summed E-state index contributed by atoms with van der Waals surface area (Å²) >= 11 is 0. The fraction of sp³-hybridized carbons (Fsp3) is 0.458. The Kier molecular flexibility index (Phi) is 6.39. The van der Waals surface area contributed by atoms with Crippen LogP contribution in [-0.4, -0.2) is 43.6 Å².